The largest absolute Gasteiger partial charge is 0.476 e. The summed E-state index contributed by atoms with van der Waals surface area (Å²) in [5.41, 5.74) is 5.69. The molecular formula is C10H15F2NO2. The number of aliphatic carboxylic acids is 1. The van der Waals surface area contributed by atoms with Gasteiger partial charge < -0.3 is 10.8 Å². The molecule has 86 valence electrons. The average Bonchev–Trinajstić information content (AvgIpc) is 2.16. The minimum absolute atomic E-state index is 0.0288. The van der Waals surface area contributed by atoms with E-state index in [-0.39, 0.29) is 18.4 Å². The number of allylic oxidation sites excluding steroid dienone is 1. The van der Waals surface area contributed by atoms with E-state index >= 15 is 0 Å². The van der Waals surface area contributed by atoms with Gasteiger partial charge in [0.1, 0.15) is 5.83 Å². The quantitative estimate of drug-likeness (QED) is 0.715. The fourth-order valence-electron chi connectivity index (χ4n) is 1.98. The molecule has 0 bridgehead atoms. The second-order valence-electron chi connectivity index (χ2n) is 4.02. The first-order chi connectivity index (χ1) is 7.00. The number of hydrogen-bond donors (Lipinski definition) is 2. The van der Waals surface area contributed by atoms with Crippen molar-refractivity contribution in [3.05, 3.63) is 11.7 Å². The van der Waals surface area contributed by atoms with E-state index in [1.165, 1.54) is 0 Å². The third-order valence-electron chi connectivity index (χ3n) is 2.72. The Balaban J connectivity index is 2.54. The Labute approximate surface area is 87.0 Å². The Hall–Kier alpha value is -0.970. The summed E-state index contributed by atoms with van der Waals surface area (Å²) in [6, 6.07) is 0.0319. The summed E-state index contributed by atoms with van der Waals surface area (Å²) in [5.74, 6) is -4.71. The number of carboxylic acids is 1. The molecule has 0 amide bonds. The number of nitrogens with two attached hydrogens (primary N) is 1. The Kier molecular flexibility index (Phi) is 4.20. The number of halogens is 2. The van der Waals surface area contributed by atoms with Gasteiger partial charge >= 0.3 is 5.97 Å². The normalized spacial score (nSPS) is 28.5. The predicted molar refractivity (Wildman–Crippen MR) is 51.4 cm³/mol. The van der Waals surface area contributed by atoms with Gasteiger partial charge in [-0.1, -0.05) is 6.42 Å². The SMILES string of the molecule is NC1CCCC(C/C(F)=C(\F)C(=O)O)C1. The van der Waals surface area contributed by atoms with E-state index in [9.17, 15) is 13.6 Å². The van der Waals surface area contributed by atoms with E-state index in [1.807, 2.05) is 0 Å². The summed E-state index contributed by atoms with van der Waals surface area (Å²) in [4.78, 5) is 10.1. The van der Waals surface area contributed by atoms with Crippen molar-refractivity contribution in [3.8, 4) is 0 Å². The molecule has 2 atom stereocenters. The van der Waals surface area contributed by atoms with Gasteiger partial charge in [-0.3, -0.25) is 0 Å². The Bertz CT molecular complexity index is 279. The first-order valence-corrected chi connectivity index (χ1v) is 5.03. The van der Waals surface area contributed by atoms with Crippen LogP contribution in [0.15, 0.2) is 11.7 Å². The van der Waals surface area contributed by atoms with E-state index in [0.29, 0.717) is 6.42 Å². The number of carboxylic acid groups (broad SMARTS) is 1. The Morgan fingerprint density at radius 1 is 1.40 bits per heavy atom. The highest BCUT2D eigenvalue weighted by atomic mass is 19.2. The lowest BCUT2D eigenvalue weighted by Gasteiger charge is -2.25. The van der Waals surface area contributed by atoms with Crippen LogP contribution in [-0.4, -0.2) is 17.1 Å². The number of carbonyl (C=O) groups is 1. The van der Waals surface area contributed by atoms with Gasteiger partial charge in [0.05, 0.1) is 0 Å². The van der Waals surface area contributed by atoms with Crippen LogP contribution in [0.1, 0.15) is 32.1 Å². The summed E-state index contributed by atoms with van der Waals surface area (Å²) in [5, 5.41) is 8.24. The Morgan fingerprint density at radius 3 is 2.60 bits per heavy atom. The second kappa shape index (κ2) is 5.21. The van der Waals surface area contributed by atoms with Crippen molar-refractivity contribution in [3.63, 3.8) is 0 Å². The molecule has 1 saturated carbocycles. The topological polar surface area (TPSA) is 63.3 Å². The molecule has 1 fully saturated rings. The summed E-state index contributed by atoms with van der Waals surface area (Å²) in [6.07, 6.45) is 3.08. The lowest BCUT2D eigenvalue weighted by molar-refractivity contribution is -0.134. The van der Waals surface area contributed by atoms with E-state index in [4.69, 9.17) is 10.8 Å². The molecule has 0 aromatic rings. The third kappa shape index (κ3) is 3.58. The summed E-state index contributed by atoms with van der Waals surface area (Å²) < 4.78 is 25.7. The molecule has 1 rings (SSSR count). The zero-order chi connectivity index (χ0) is 11.4. The molecule has 0 aliphatic heterocycles. The van der Waals surface area contributed by atoms with Crippen LogP contribution >= 0.6 is 0 Å². The molecule has 0 heterocycles. The van der Waals surface area contributed by atoms with Gasteiger partial charge in [0.25, 0.3) is 0 Å². The maximum Gasteiger partial charge on any atom is 0.367 e. The van der Waals surface area contributed by atoms with Gasteiger partial charge in [0, 0.05) is 12.5 Å². The molecule has 0 aromatic carbocycles. The van der Waals surface area contributed by atoms with Crippen molar-refractivity contribution >= 4 is 5.97 Å². The van der Waals surface area contributed by atoms with Crippen LogP contribution in [0, 0.1) is 5.92 Å². The Morgan fingerprint density at radius 2 is 2.07 bits per heavy atom. The number of rotatable bonds is 3. The van der Waals surface area contributed by atoms with Crippen molar-refractivity contribution < 1.29 is 18.7 Å². The lowest BCUT2D eigenvalue weighted by atomic mass is 9.84. The van der Waals surface area contributed by atoms with E-state index in [0.717, 1.165) is 19.3 Å². The minimum Gasteiger partial charge on any atom is -0.476 e. The average molecular weight is 219 g/mol. The first kappa shape index (κ1) is 12.1. The molecule has 3 N–H and O–H groups in total. The van der Waals surface area contributed by atoms with Gasteiger partial charge in [-0.15, -0.1) is 0 Å². The van der Waals surface area contributed by atoms with Gasteiger partial charge in [-0.25, -0.2) is 9.18 Å². The molecule has 2 unspecified atom stereocenters. The van der Waals surface area contributed by atoms with E-state index in [1.54, 1.807) is 0 Å². The molecule has 0 aromatic heterocycles. The highest BCUT2D eigenvalue weighted by Crippen LogP contribution is 2.30. The predicted octanol–water partition coefficient (Wildman–Crippen LogP) is 2.13. The highest BCUT2D eigenvalue weighted by Gasteiger charge is 2.23. The van der Waals surface area contributed by atoms with E-state index < -0.39 is 17.6 Å². The van der Waals surface area contributed by atoms with Gasteiger partial charge in [-0.2, -0.15) is 4.39 Å². The van der Waals surface area contributed by atoms with Crippen molar-refractivity contribution in [2.24, 2.45) is 11.7 Å². The second-order valence-corrected chi connectivity index (χ2v) is 4.02. The monoisotopic (exact) mass is 219 g/mol. The molecule has 0 radical (unpaired) electrons. The van der Waals surface area contributed by atoms with Gasteiger partial charge in [0.15, 0.2) is 0 Å². The van der Waals surface area contributed by atoms with Crippen molar-refractivity contribution in [2.45, 2.75) is 38.1 Å². The summed E-state index contributed by atoms with van der Waals surface area (Å²) >= 11 is 0. The maximum absolute atomic E-state index is 13.0. The molecule has 3 nitrogen and oxygen atoms in total. The van der Waals surface area contributed by atoms with Gasteiger partial charge in [0.2, 0.25) is 5.83 Å². The van der Waals surface area contributed by atoms with Crippen LogP contribution in [0.25, 0.3) is 0 Å². The van der Waals surface area contributed by atoms with Crippen LogP contribution in [0.3, 0.4) is 0 Å². The molecule has 0 spiro atoms. The first-order valence-electron chi connectivity index (χ1n) is 5.03. The lowest BCUT2D eigenvalue weighted by Crippen LogP contribution is -2.27. The van der Waals surface area contributed by atoms with Crippen molar-refractivity contribution in [1.82, 2.24) is 0 Å². The van der Waals surface area contributed by atoms with Gasteiger partial charge in [-0.05, 0) is 25.2 Å². The van der Waals surface area contributed by atoms with Crippen LogP contribution in [0.4, 0.5) is 8.78 Å². The maximum atomic E-state index is 13.0. The summed E-state index contributed by atoms with van der Waals surface area (Å²) in [7, 11) is 0. The standard InChI is InChI=1S/C10H15F2NO2/c11-8(9(12)10(14)15)5-6-2-1-3-7(13)4-6/h6-7H,1-5,13H2,(H,14,15)/b9-8+. The van der Waals surface area contributed by atoms with Crippen LogP contribution in [0.5, 0.6) is 0 Å². The van der Waals surface area contributed by atoms with Crippen LogP contribution in [-0.2, 0) is 4.79 Å². The fraction of sp³-hybridized carbons (Fsp3) is 0.700. The smallest absolute Gasteiger partial charge is 0.367 e. The molecule has 1 aliphatic carbocycles. The fourth-order valence-corrected chi connectivity index (χ4v) is 1.98. The molecule has 0 saturated heterocycles. The van der Waals surface area contributed by atoms with E-state index in [2.05, 4.69) is 0 Å². The molecular weight excluding hydrogens is 204 g/mol. The molecule has 15 heavy (non-hydrogen) atoms. The van der Waals surface area contributed by atoms with Crippen molar-refractivity contribution in [2.75, 3.05) is 0 Å². The molecule has 1 aliphatic rings. The van der Waals surface area contributed by atoms with Crippen molar-refractivity contribution in [1.29, 1.82) is 0 Å². The van der Waals surface area contributed by atoms with Crippen LogP contribution < -0.4 is 5.73 Å². The third-order valence-corrected chi connectivity index (χ3v) is 2.72. The van der Waals surface area contributed by atoms with Crippen LogP contribution in [0.2, 0.25) is 0 Å². The number of hydrogen-bond acceptors (Lipinski definition) is 2. The highest BCUT2D eigenvalue weighted by molar-refractivity contribution is 5.84. The minimum atomic E-state index is -1.84. The zero-order valence-electron chi connectivity index (χ0n) is 8.38. The summed E-state index contributed by atoms with van der Waals surface area (Å²) in [6.45, 7) is 0. The molecule has 5 heteroatoms. The zero-order valence-corrected chi connectivity index (χ0v) is 8.38.